The maximum absolute atomic E-state index is 12.1. The van der Waals surface area contributed by atoms with E-state index in [1.54, 1.807) is 0 Å². The number of aromatic carboxylic acids is 1. The molecule has 2 rings (SSSR count). The molecule has 0 bridgehead atoms. The topological polar surface area (TPSA) is 121 Å². The van der Waals surface area contributed by atoms with Crippen LogP contribution in [0.15, 0.2) is 12.4 Å². The maximum atomic E-state index is 12.1. The molecule has 19 heavy (non-hydrogen) atoms. The molecule has 0 aliphatic carbocycles. The van der Waals surface area contributed by atoms with Crippen LogP contribution < -0.4 is 0 Å². The van der Waals surface area contributed by atoms with E-state index in [0.29, 0.717) is 19.4 Å². The third-order valence-electron chi connectivity index (χ3n) is 2.89. The quantitative estimate of drug-likeness (QED) is 0.780. The number of nitrogens with zero attached hydrogens (tertiary/aromatic N) is 3. The van der Waals surface area contributed by atoms with Gasteiger partial charge in [0.25, 0.3) is 5.91 Å². The van der Waals surface area contributed by atoms with Gasteiger partial charge in [0.2, 0.25) is 0 Å². The molecule has 8 nitrogen and oxygen atoms in total. The summed E-state index contributed by atoms with van der Waals surface area (Å²) in [6.45, 7) is 0.345. The van der Waals surface area contributed by atoms with Crippen molar-refractivity contribution < 1.29 is 24.6 Å². The van der Waals surface area contributed by atoms with Crippen LogP contribution in [0.25, 0.3) is 0 Å². The third-order valence-corrected chi connectivity index (χ3v) is 2.89. The number of carboxylic acids is 2. The Bertz CT molecular complexity index is 528. The zero-order valence-corrected chi connectivity index (χ0v) is 9.81. The fourth-order valence-electron chi connectivity index (χ4n) is 1.96. The molecule has 1 amide bonds. The van der Waals surface area contributed by atoms with Crippen LogP contribution in [0.1, 0.15) is 33.8 Å². The summed E-state index contributed by atoms with van der Waals surface area (Å²) in [5.74, 6) is -2.84. The van der Waals surface area contributed by atoms with Crippen molar-refractivity contribution in [3.63, 3.8) is 0 Å². The van der Waals surface area contributed by atoms with Crippen LogP contribution in [-0.2, 0) is 4.79 Å². The number of carboxylic acid groups (broad SMARTS) is 2. The summed E-state index contributed by atoms with van der Waals surface area (Å²) in [5, 5.41) is 17.7. The smallest absolute Gasteiger partial charge is 0.356 e. The van der Waals surface area contributed by atoms with Gasteiger partial charge in [-0.05, 0) is 12.8 Å². The number of rotatable bonds is 3. The molecule has 1 saturated heterocycles. The molecule has 1 fully saturated rings. The molecule has 0 spiro atoms. The van der Waals surface area contributed by atoms with E-state index in [4.69, 9.17) is 10.2 Å². The third kappa shape index (κ3) is 2.51. The molecule has 1 aromatic heterocycles. The molecule has 1 aromatic rings. The van der Waals surface area contributed by atoms with E-state index < -0.39 is 23.9 Å². The summed E-state index contributed by atoms with van der Waals surface area (Å²) >= 11 is 0. The van der Waals surface area contributed by atoms with Crippen molar-refractivity contribution in [3.8, 4) is 0 Å². The van der Waals surface area contributed by atoms with Crippen LogP contribution in [0.3, 0.4) is 0 Å². The second-order valence-electron chi connectivity index (χ2n) is 4.09. The van der Waals surface area contributed by atoms with Crippen molar-refractivity contribution in [1.29, 1.82) is 0 Å². The monoisotopic (exact) mass is 265 g/mol. The highest BCUT2D eigenvalue weighted by atomic mass is 16.4. The van der Waals surface area contributed by atoms with Crippen LogP contribution in [-0.4, -0.2) is 55.5 Å². The minimum absolute atomic E-state index is 0.0573. The number of amides is 1. The Morgan fingerprint density at radius 2 is 1.79 bits per heavy atom. The van der Waals surface area contributed by atoms with Gasteiger partial charge in [-0.15, -0.1) is 0 Å². The Labute approximate surface area is 107 Å². The fourth-order valence-corrected chi connectivity index (χ4v) is 1.96. The van der Waals surface area contributed by atoms with Crippen molar-refractivity contribution >= 4 is 17.8 Å². The Balaban J connectivity index is 2.19. The van der Waals surface area contributed by atoms with Gasteiger partial charge in [0, 0.05) is 6.54 Å². The van der Waals surface area contributed by atoms with E-state index in [-0.39, 0.29) is 11.4 Å². The SMILES string of the molecule is O=C(O)c1cnc(C(=O)N2CCCC2C(=O)O)cn1. The molecule has 0 aromatic carbocycles. The van der Waals surface area contributed by atoms with E-state index in [1.165, 1.54) is 4.90 Å². The van der Waals surface area contributed by atoms with Crippen molar-refractivity contribution in [3.05, 3.63) is 23.8 Å². The van der Waals surface area contributed by atoms with Crippen LogP contribution in [0.4, 0.5) is 0 Å². The Morgan fingerprint density at radius 3 is 2.32 bits per heavy atom. The molecular formula is C11H11N3O5. The van der Waals surface area contributed by atoms with Gasteiger partial charge in [0.1, 0.15) is 11.7 Å². The maximum Gasteiger partial charge on any atom is 0.356 e. The van der Waals surface area contributed by atoms with Crippen molar-refractivity contribution in [2.24, 2.45) is 0 Å². The summed E-state index contributed by atoms with van der Waals surface area (Å²) in [6, 6.07) is -0.853. The van der Waals surface area contributed by atoms with E-state index in [1.807, 2.05) is 0 Å². The lowest BCUT2D eigenvalue weighted by Crippen LogP contribution is -2.40. The Kier molecular flexibility index (Phi) is 3.41. The zero-order valence-electron chi connectivity index (χ0n) is 9.81. The van der Waals surface area contributed by atoms with Crippen molar-refractivity contribution in [2.75, 3.05) is 6.54 Å². The lowest BCUT2D eigenvalue weighted by molar-refractivity contribution is -0.141. The van der Waals surface area contributed by atoms with E-state index in [9.17, 15) is 14.4 Å². The van der Waals surface area contributed by atoms with Gasteiger partial charge in [0.15, 0.2) is 5.69 Å². The summed E-state index contributed by atoms with van der Waals surface area (Å²) in [6.07, 6.45) is 3.04. The van der Waals surface area contributed by atoms with Crippen molar-refractivity contribution in [2.45, 2.75) is 18.9 Å². The normalized spacial score (nSPS) is 18.3. The predicted molar refractivity (Wildman–Crippen MR) is 60.7 cm³/mol. The lowest BCUT2D eigenvalue weighted by Gasteiger charge is -2.20. The number of hydrogen-bond donors (Lipinski definition) is 2. The number of carbonyl (C=O) groups is 3. The summed E-state index contributed by atoms with van der Waals surface area (Å²) < 4.78 is 0. The summed E-state index contributed by atoms with van der Waals surface area (Å²) in [5.41, 5.74) is -0.328. The van der Waals surface area contributed by atoms with Crippen LogP contribution in [0, 0.1) is 0 Å². The minimum atomic E-state index is -1.24. The number of hydrogen-bond acceptors (Lipinski definition) is 5. The first-order valence-electron chi connectivity index (χ1n) is 5.60. The zero-order chi connectivity index (χ0) is 14.0. The predicted octanol–water partition coefficient (Wildman–Crippen LogP) is -0.136. The molecule has 2 N–H and O–H groups in total. The van der Waals surface area contributed by atoms with Gasteiger partial charge in [0.05, 0.1) is 12.4 Å². The average molecular weight is 265 g/mol. The summed E-state index contributed by atoms with van der Waals surface area (Å²) in [4.78, 5) is 42.2. The number of aromatic nitrogens is 2. The largest absolute Gasteiger partial charge is 0.480 e. The van der Waals surface area contributed by atoms with Crippen molar-refractivity contribution in [1.82, 2.24) is 14.9 Å². The first-order chi connectivity index (χ1) is 9.00. The van der Waals surface area contributed by atoms with E-state index in [2.05, 4.69) is 9.97 Å². The average Bonchev–Trinajstić information content (AvgIpc) is 2.87. The first kappa shape index (κ1) is 12.9. The van der Waals surface area contributed by atoms with Crippen LogP contribution in [0.5, 0.6) is 0 Å². The van der Waals surface area contributed by atoms with Crippen LogP contribution >= 0.6 is 0 Å². The second kappa shape index (κ2) is 5.01. The molecule has 100 valence electrons. The van der Waals surface area contributed by atoms with Gasteiger partial charge >= 0.3 is 11.9 Å². The van der Waals surface area contributed by atoms with Crippen LogP contribution in [0.2, 0.25) is 0 Å². The highest BCUT2D eigenvalue weighted by Crippen LogP contribution is 2.19. The number of carbonyl (C=O) groups excluding carboxylic acids is 1. The van der Waals surface area contributed by atoms with E-state index in [0.717, 1.165) is 12.4 Å². The molecule has 1 aliphatic heterocycles. The minimum Gasteiger partial charge on any atom is -0.480 e. The number of aliphatic carboxylic acids is 1. The molecule has 0 radical (unpaired) electrons. The first-order valence-corrected chi connectivity index (χ1v) is 5.60. The van der Waals surface area contributed by atoms with Gasteiger partial charge < -0.3 is 15.1 Å². The highest BCUT2D eigenvalue weighted by Gasteiger charge is 2.35. The molecular weight excluding hydrogens is 254 g/mol. The Hall–Kier alpha value is -2.51. The van der Waals surface area contributed by atoms with Gasteiger partial charge in [-0.1, -0.05) is 0 Å². The summed E-state index contributed by atoms with van der Waals surface area (Å²) in [7, 11) is 0. The highest BCUT2D eigenvalue weighted by molar-refractivity contribution is 5.95. The van der Waals surface area contributed by atoms with Gasteiger partial charge in [-0.25, -0.2) is 19.6 Å². The fraction of sp³-hybridized carbons (Fsp3) is 0.364. The standard InChI is InChI=1S/C11H11N3O5/c15-9(14-3-1-2-8(14)11(18)19)6-4-13-7(5-12-6)10(16)17/h4-5,8H,1-3H2,(H,16,17)(H,18,19). The molecule has 2 heterocycles. The molecule has 1 atom stereocenters. The van der Waals surface area contributed by atoms with Gasteiger partial charge in [-0.3, -0.25) is 4.79 Å². The van der Waals surface area contributed by atoms with E-state index >= 15 is 0 Å². The second-order valence-corrected chi connectivity index (χ2v) is 4.09. The molecule has 1 aliphatic rings. The molecule has 1 unspecified atom stereocenters. The molecule has 0 saturated carbocycles. The lowest BCUT2D eigenvalue weighted by atomic mass is 10.2. The molecule has 8 heteroatoms. The van der Waals surface area contributed by atoms with Gasteiger partial charge in [-0.2, -0.15) is 0 Å². The number of likely N-dealkylation sites (tertiary alicyclic amines) is 1. The Morgan fingerprint density at radius 1 is 1.16 bits per heavy atom.